The van der Waals surface area contributed by atoms with Crippen molar-refractivity contribution < 1.29 is 4.74 Å². The molecule has 4 aromatic rings. The summed E-state index contributed by atoms with van der Waals surface area (Å²) in [5.74, 6) is 1.74. The van der Waals surface area contributed by atoms with Crippen molar-refractivity contribution in [3.63, 3.8) is 0 Å². The van der Waals surface area contributed by atoms with Crippen LogP contribution < -0.4 is 4.74 Å². The van der Waals surface area contributed by atoms with Gasteiger partial charge in [-0.2, -0.15) is 0 Å². The number of hydrogen-bond acceptors (Lipinski definition) is 2. The number of allylic oxidation sites excluding steroid dienone is 1. The Hall–Kier alpha value is -3.43. The number of benzene rings is 4. The van der Waals surface area contributed by atoms with Gasteiger partial charge in [-0.05, 0) is 46.6 Å². The summed E-state index contributed by atoms with van der Waals surface area (Å²) in [5, 5.41) is 0. The van der Waals surface area contributed by atoms with E-state index in [1.807, 2.05) is 60.8 Å². The van der Waals surface area contributed by atoms with E-state index in [4.69, 9.17) is 9.73 Å². The van der Waals surface area contributed by atoms with Crippen molar-refractivity contribution in [1.82, 2.24) is 0 Å². The van der Waals surface area contributed by atoms with Gasteiger partial charge in [0.2, 0.25) is 0 Å². The summed E-state index contributed by atoms with van der Waals surface area (Å²) in [6.45, 7) is 2.11. The fraction of sp³-hybridized carbons (Fsp3) is 0.0690. The highest BCUT2D eigenvalue weighted by Gasteiger charge is 2.30. The molecule has 0 N–H and O–H groups in total. The number of halogens is 1. The normalized spacial score (nSPS) is 15.5. The fourth-order valence-corrected chi connectivity index (χ4v) is 4.43. The predicted octanol–water partition coefficient (Wildman–Crippen LogP) is 8.10. The summed E-state index contributed by atoms with van der Waals surface area (Å²) in [6, 6.07) is 35.3. The Bertz CT molecular complexity index is 1310. The molecule has 5 rings (SSSR count). The van der Waals surface area contributed by atoms with Crippen molar-refractivity contribution >= 4 is 33.6 Å². The molecule has 0 bridgehead atoms. The topological polar surface area (TPSA) is 21.6 Å². The molecule has 156 valence electrons. The van der Waals surface area contributed by atoms with Gasteiger partial charge >= 0.3 is 0 Å². The second kappa shape index (κ2) is 8.97. The molecular formula is C29H22BrNO. The lowest BCUT2D eigenvalue weighted by Crippen LogP contribution is -2.17. The second-order valence-corrected chi connectivity index (χ2v) is 8.70. The Morgan fingerprint density at radius 3 is 2.25 bits per heavy atom. The van der Waals surface area contributed by atoms with Gasteiger partial charge in [-0.1, -0.05) is 90.5 Å². The fourth-order valence-electron chi connectivity index (χ4n) is 4.04. The van der Waals surface area contributed by atoms with E-state index in [9.17, 15) is 0 Å². The summed E-state index contributed by atoms with van der Waals surface area (Å²) in [7, 11) is 0. The zero-order chi connectivity index (χ0) is 21.9. The van der Waals surface area contributed by atoms with Crippen LogP contribution in [0.4, 0.5) is 5.69 Å². The molecule has 1 aliphatic rings. The number of ether oxygens (including phenoxy) is 1. The maximum absolute atomic E-state index is 6.50. The summed E-state index contributed by atoms with van der Waals surface area (Å²) in [6.07, 6.45) is 1.96. The van der Waals surface area contributed by atoms with E-state index < -0.39 is 0 Å². The molecule has 1 aliphatic heterocycles. The number of nitrogens with zero attached hydrogens (tertiary/aromatic N) is 1. The molecule has 0 saturated carbocycles. The van der Waals surface area contributed by atoms with Crippen molar-refractivity contribution in [1.29, 1.82) is 0 Å². The van der Waals surface area contributed by atoms with E-state index in [-0.39, 0.29) is 5.92 Å². The maximum Gasteiger partial charge on any atom is 0.140 e. The van der Waals surface area contributed by atoms with Gasteiger partial charge in [-0.25, -0.2) is 0 Å². The molecule has 32 heavy (non-hydrogen) atoms. The van der Waals surface area contributed by atoms with Crippen molar-refractivity contribution in [3.05, 3.63) is 135 Å². The lowest BCUT2D eigenvalue weighted by molar-refractivity contribution is 0.489. The van der Waals surface area contributed by atoms with Gasteiger partial charge in [0.05, 0.1) is 5.69 Å². The van der Waals surface area contributed by atoms with Crippen LogP contribution in [0.15, 0.2) is 118 Å². The molecule has 3 heteroatoms. The van der Waals surface area contributed by atoms with Crippen LogP contribution >= 0.6 is 15.9 Å². The van der Waals surface area contributed by atoms with Crippen LogP contribution in [0, 0.1) is 6.92 Å². The zero-order valence-corrected chi connectivity index (χ0v) is 19.3. The third-order valence-electron chi connectivity index (χ3n) is 5.66. The SMILES string of the molecule is Cc1ccc(C2C(C=Nc3ccccc3Br)=C(c3ccccc3)Oc3ccccc32)cc1. The lowest BCUT2D eigenvalue weighted by Gasteiger charge is -2.30. The Morgan fingerprint density at radius 1 is 0.781 bits per heavy atom. The standard InChI is InChI=1S/C29H22BrNO/c1-20-15-17-21(18-16-20)28-23-11-5-8-14-27(23)32-29(22-9-3-2-4-10-22)24(28)19-31-26-13-7-6-12-25(26)30/h2-19,28H,1H3. The highest BCUT2D eigenvalue weighted by atomic mass is 79.9. The highest BCUT2D eigenvalue weighted by molar-refractivity contribution is 9.10. The monoisotopic (exact) mass is 479 g/mol. The number of rotatable bonds is 4. The van der Waals surface area contributed by atoms with Crippen LogP contribution in [0.1, 0.15) is 28.2 Å². The van der Waals surface area contributed by atoms with E-state index in [1.165, 1.54) is 11.1 Å². The number of para-hydroxylation sites is 2. The van der Waals surface area contributed by atoms with Crippen molar-refractivity contribution in [2.45, 2.75) is 12.8 Å². The van der Waals surface area contributed by atoms with Gasteiger partial charge < -0.3 is 4.74 Å². The van der Waals surface area contributed by atoms with Crippen LogP contribution in [-0.4, -0.2) is 6.21 Å². The maximum atomic E-state index is 6.50. The van der Waals surface area contributed by atoms with E-state index >= 15 is 0 Å². The summed E-state index contributed by atoms with van der Waals surface area (Å²) < 4.78 is 7.46. The minimum Gasteiger partial charge on any atom is -0.456 e. The molecule has 2 nitrogen and oxygen atoms in total. The Labute approximate surface area is 197 Å². The summed E-state index contributed by atoms with van der Waals surface area (Å²) in [5.41, 5.74) is 6.55. The summed E-state index contributed by atoms with van der Waals surface area (Å²) in [4.78, 5) is 4.86. The Kier molecular flexibility index (Phi) is 5.74. The van der Waals surface area contributed by atoms with Crippen LogP contribution in [0.25, 0.3) is 5.76 Å². The lowest BCUT2D eigenvalue weighted by atomic mass is 9.81. The van der Waals surface area contributed by atoms with Gasteiger partial charge in [0, 0.05) is 33.3 Å². The number of aryl methyl sites for hydroxylation is 1. The average molecular weight is 480 g/mol. The molecule has 0 amide bonds. The molecule has 1 heterocycles. The number of aliphatic imine (C=N–C) groups is 1. The molecule has 1 unspecified atom stereocenters. The highest BCUT2D eigenvalue weighted by Crippen LogP contribution is 2.45. The smallest absolute Gasteiger partial charge is 0.140 e. The first-order valence-corrected chi connectivity index (χ1v) is 11.4. The molecule has 0 aromatic heterocycles. The Morgan fingerprint density at radius 2 is 1.47 bits per heavy atom. The first-order valence-electron chi connectivity index (χ1n) is 10.6. The Balaban J connectivity index is 1.74. The van der Waals surface area contributed by atoms with E-state index in [2.05, 4.69) is 71.4 Å². The van der Waals surface area contributed by atoms with Gasteiger partial charge in [0.15, 0.2) is 0 Å². The van der Waals surface area contributed by atoms with E-state index in [0.717, 1.165) is 38.4 Å². The van der Waals surface area contributed by atoms with Gasteiger partial charge in [0.1, 0.15) is 11.5 Å². The first kappa shape index (κ1) is 20.5. The largest absolute Gasteiger partial charge is 0.456 e. The predicted molar refractivity (Wildman–Crippen MR) is 136 cm³/mol. The van der Waals surface area contributed by atoms with Crippen LogP contribution in [0.3, 0.4) is 0 Å². The summed E-state index contributed by atoms with van der Waals surface area (Å²) >= 11 is 3.61. The number of fused-ring (bicyclic) bond motifs is 1. The molecule has 0 radical (unpaired) electrons. The van der Waals surface area contributed by atoms with Gasteiger partial charge in [-0.15, -0.1) is 0 Å². The molecule has 4 aromatic carbocycles. The molecule has 0 fully saturated rings. The molecule has 0 saturated heterocycles. The zero-order valence-electron chi connectivity index (χ0n) is 17.7. The second-order valence-electron chi connectivity index (χ2n) is 7.84. The minimum absolute atomic E-state index is 0.0157. The van der Waals surface area contributed by atoms with E-state index in [0.29, 0.717) is 0 Å². The molecule has 0 aliphatic carbocycles. The van der Waals surface area contributed by atoms with Crippen LogP contribution in [0.2, 0.25) is 0 Å². The molecular weight excluding hydrogens is 458 g/mol. The minimum atomic E-state index is 0.0157. The quantitative estimate of drug-likeness (QED) is 0.271. The van der Waals surface area contributed by atoms with Crippen LogP contribution in [0.5, 0.6) is 5.75 Å². The van der Waals surface area contributed by atoms with Crippen molar-refractivity contribution in [2.24, 2.45) is 4.99 Å². The molecule has 1 atom stereocenters. The first-order chi connectivity index (χ1) is 15.7. The number of hydrogen-bond donors (Lipinski definition) is 0. The van der Waals surface area contributed by atoms with Gasteiger partial charge in [0.25, 0.3) is 0 Å². The van der Waals surface area contributed by atoms with Crippen molar-refractivity contribution in [2.75, 3.05) is 0 Å². The molecule has 0 spiro atoms. The van der Waals surface area contributed by atoms with Crippen LogP contribution in [-0.2, 0) is 0 Å². The van der Waals surface area contributed by atoms with Crippen molar-refractivity contribution in [3.8, 4) is 5.75 Å². The third kappa shape index (κ3) is 4.04. The van der Waals surface area contributed by atoms with Gasteiger partial charge in [-0.3, -0.25) is 4.99 Å². The third-order valence-corrected chi connectivity index (χ3v) is 6.33. The average Bonchev–Trinajstić information content (AvgIpc) is 2.84. The van der Waals surface area contributed by atoms with E-state index in [1.54, 1.807) is 0 Å².